The standard InChI is InChI=1S/C55H96O10/c1-3-5-7-9-11-13-15-17-19-21-23-24-26-28-30-32-34-36-38-40-42-44-51(58)64-48(47-63-55-54(61)53(60)52(59)49(45-56)65-55)46-62-50(57)43-41-39-37-35-33-31-29-27-25-22-20-18-16-14-12-10-8-6-4-2/h18-21,24,26,30,32,36,38,48-49,52-56,59-61H,3-17,22-23,25,27-29,31,33-35,37,39-47H2,1-2H3/b20-18+,21-19+,26-24+,32-30+,38-36+/t48-,49-,52+,53?,54?,55-/m1/s1. The van der Waals surface area contributed by atoms with Gasteiger partial charge in [0.05, 0.1) is 13.2 Å². The van der Waals surface area contributed by atoms with Gasteiger partial charge in [0.15, 0.2) is 12.4 Å². The minimum Gasteiger partial charge on any atom is -0.462 e. The van der Waals surface area contributed by atoms with Gasteiger partial charge in [-0.2, -0.15) is 0 Å². The van der Waals surface area contributed by atoms with Crippen molar-refractivity contribution in [1.29, 1.82) is 0 Å². The van der Waals surface area contributed by atoms with Gasteiger partial charge in [-0.1, -0.05) is 190 Å². The number of hydrogen-bond donors (Lipinski definition) is 4. The monoisotopic (exact) mass is 917 g/mol. The van der Waals surface area contributed by atoms with Crippen molar-refractivity contribution in [2.75, 3.05) is 19.8 Å². The number of carbonyl (C=O) groups is 2. The molecule has 0 bridgehead atoms. The zero-order valence-electron chi connectivity index (χ0n) is 41.2. The molecule has 0 aromatic carbocycles. The van der Waals surface area contributed by atoms with E-state index in [-0.39, 0.29) is 26.1 Å². The summed E-state index contributed by atoms with van der Waals surface area (Å²) in [6.07, 6.45) is 49.5. The normalized spacial score (nSPS) is 19.8. The van der Waals surface area contributed by atoms with Crippen LogP contribution in [-0.2, 0) is 28.5 Å². The number of hydrogen-bond acceptors (Lipinski definition) is 10. The summed E-state index contributed by atoms with van der Waals surface area (Å²) >= 11 is 0. The van der Waals surface area contributed by atoms with Crippen molar-refractivity contribution in [2.45, 2.75) is 256 Å². The molecule has 1 fully saturated rings. The minimum atomic E-state index is -1.61. The SMILES string of the molecule is CCCCCCCC/C=C/CCCCCCCCCCCC(=O)OC[C@H](CO[C@@H]1O[C@H](CO)[C@H](O)C(O)C1O)OC(=O)CCC/C=C/C/C=C/C/C=C/C/C=C/CCCCCCCCC. The van der Waals surface area contributed by atoms with Crippen molar-refractivity contribution < 1.29 is 49.0 Å². The number of aliphatic hydroxyl groups is 4. The van der Waals surface area contributed by atoms with Crippen LogP contribution >= 0.6 is 0 Å². The molecule has 2 unspecified atom stereocenters. The lowest BCUT2D eigenvalue weighted by Crippen LogP contribution is -2.59. The van der Waals surface area contributed by atoms with E-state index in [1.54, 1.807) is 0 Å². The van der Waals surface area contributed by atoms with Gasteiger partial charge in [0, 0.05) is 12.8 Å². The number of allylic oxidation sites excluding steroid dienone is 10. The summed E-state index contributed by atoms with van der Waals surface area (Å²) < 4.78 is 22.2. The fourth-order valence-electron chi connectivity index (χ4n) is 7.71. The predicted molar refractivity (Wildman–Crippen MR) is 265 cm³/mol. The molecule has 0 saturated carbocycles. The van der Waals surface area contributed by atoms with Gasteiger partial charge in [0.2, 0.25) is 0 Å². The van der Waals surface area contributed by atoms with Gasteiger partial charge >= 0.3 is 11.9 Å². The van der Waals surface area contributed by atoms with Crippen molar-refractivity contribution in [3.05, 3.63) is 60.8 Å². The molecule has 10 heteroatoms. The molecule has 4 N–H and O–H groups in total. The number of aliphatic hydroxyl groups excluding tert-OH is 4. The van der Waals surface area contributed by atoms with Crippen molar-refractivity contribution in [3.63, 3.8) is 0 Å². The first-order valence-electron chi connectivity index (χ1n) is 26.4. The zero-order valence-corrected chi connectivity index (χ0v) is 41.2. The molecule has 0 aromatic heterocycles. The van der Waals surface area contributed by atoms with Crippen LogP contribution in [0.1, 0.15) is 219 Å². The largest absolute Gasteiger partial charge is 0.462 e. The Morgan fingerprint density at radius 1 is 0.477 bits per heavy atom. The van der Waals surface area contributed by atoms with Crippen molar-refractivity contribution >= 4 is 11.9 Å². The van der Waals surface area contributed by atoms with E-state index in [0.717, 1.165) is 38.5 Å². The molecule has 0 amide bonds. The molecule has 0 aromatic rings. The van der Waals surface area contributed by atoms with E-state index in [1.807, 2.05) is 6.08 Å². The van der Waals surface area contributed by atoms with Gasteiger partial charge < -0.3 is 39.4 Å². The highest BCUT2D eigenvalue weighted by molar-refractivity contribution is 5.70. The van der Waals surface area contributed by atoms with Gasteiger partial charge in [0.25, 0.3) is 0 Å². The van der Waals surface area contributed by atoms with Gasteiger partial charge in [-0.3, -0.25) is 9.59 Å². The predicted octanol–water partition coefficient (Wildman–Crippen LogP) is 12.6. The Bertz CT molecular complexity index is 1240. The number of rotatable bonds is 44. The highest BCUT2D eigenvalue weighted by atomic mass is 16.7. The second kappa shape index (κ2) is 45.2. The van der Waals surface area contributed by atoms with E-state index >= 15 is 0 Å². The molecule has 1 saturated heterocycles. The number of esters is 2. The summed E-state index contributed by atoms with van der Waals surface area (Å²) in [6, 6.07) is 0. The Balaban J connectivity index is 2.31. The lowest BCUT2D eigenvalue weighted by molar-refractivity contribution is -0.305. The van der Waals surface area contributed by atoms with E-state index in [0.29, 0.717) is 19.3 Å². The average molecular weight is 917 g/mol. The maximum atomic E-state index is 12.8. The summed E-state index contributed by atoms with van der Waals surface area (Å²) in [7, 11) is 0. The highest BCUT2D eigenvalue weighted by Crippen LogP contribution is 2.23. The van der Waals surface area contributed by atoms with E-state index in [2.05, 4.69) is 68.5 Å². The molecule has 1 aliphatic heterocycles. The van der Waals surface area contributed by atoms with Crippen LogP contribution < -0.4 is 0 Å². The summed E-state index contributed by atoms with van der Waals surface area (Å²) in [5.74, 6) is -0.872. The first kappa shape index (κ1) is 60.4. The smallest absolute Gasteiger partial charge is 0.306 e. The van der Waals surface area contributed by atoms with Crippen molar-refractivity contribution in [2.24, 2.45) is 0 Å². The summed E-state index contributed by atoms with van der Waals surface area (Å²) in [4.78, 5) is 25.4. The summed E-state index contributed by atoms with van der Waals surface area (Å²) in [5.41, 5.74) is 0. The van der Waals surface area contributed by atoms with Gasteiger partial charge in [-0.25, -0.2) is 0 Å². The third-order valence-corrected chi connectivity index (χ3v) is 11.9. The van der Waals surface area contributed by atoms with Gasteiger partial charge in [-0.15, -0.1) is 0 Å². The first-order chi connectivity index (χ1) is 31.8. The van der Waals surface area contributed by atoms with E-state index < -0.39 is 55.4 Å². The second-order valence-corrected chi connectivity index (χ2v) is 18.0. The summed E-state index contributed by atoms with van der Waals surface area (Å²) in [5, 5.41) is 40.2. The van der Waals surface area contributed by atoms with Crippen LogP contribution in [0.3, 0.4) is 0 Å². The Hall–Kier alpha value is -2.60. The van der Waals surface area contributed by atoms with Crippen LogP contribution in [0, 0.1) is 0 Å². The van der Waals surface area contributed by atoms with E-state index in [1.165, 1.54) is 135 Å². The van der Waals surface area contributed by atoms with E-state index in [9.17, 15) is 30.0 Å². The average Bonchev–Trinajstić information content (AvgIpc) is 3.30. The molecule has 0 radical (unpaired) electrons. The van der Waals surface area contributed by atoms with Crippen LogP contribution in [0.4, 0.5) is 0 Å². The third-order valence-electron chi connectivity index (χ3n) is 11.9. The Kier molecular flexibility index (Phi) is 42.0. The Labute approximate surface area is 396 Å². The molecular formula is C55H96O10. The molecule has 1 aliphatic rings. The highest BCUT2D eigenvalue weighted by Gasteiger charge is 2.44. The van der Waals surface area contributed by atoms with Gasteiger partial charge in [-0.05, 0) is 77.0 Å². The minimum absolute atomic E-state index is 0.152. The van der Waals surface area contributed by atoms with Crippen LogP contribution in [0.15, 0.2) is 60.8 Å². The quantitative estimate of drug-likeness (QED) is 0.0264. The van der Waals surface area contributed by atoms with Crippen LogP contribution in [-0.4, -0.2) is 89.0 Å². The lowest BCUT2D eigenvalue weighted by atomic mass is 9.99. The maximum Gasteiger partial charge on any atom is 0.306 e. The lowest BCUT2D eigenvalue weighted by Gasteiger charge is -2.39. The topological polar surface area (TPSA) is 152 Å². The fraction of sp³-hybridized carbons (Fsp3) is 0.782. The molecule has 1 rings (SSSR count). The van der Waals surface area contributed by atoms with Crippen LogP contribution in [0.2, 0.25) is 0 Å². The van der Waals surface area contributed by atoms with Gasteiger partial charge in [0.1, 0.15) is 31.0 Å². The van der Waals surface area contributed by atoms with Crippen LogP contribution in [0.25, 0.3) is 0 Å². The molecule has 6 atom stereocenters. The number of carbonyl (C=O) groups excluding carboxylic acids is 2. The van der Waals surface area contributed by atoms with Crippen molar-refractivity contribution in [1.82, 2.24) is 0 Å². The second-order valence-electron chi connectivity index (χ2n) is 18.0. The third kappa shape index (κ3) is 36.2. The Morgan fingerprint density at radius 2 is 0.877 bits per heavy atom. The molecule has 0 aliphatic carbocycles. The maximum absolute atomic E-state index is 12.8. The number of unbranched alkanes of at least 4 members (excludes halogenated alkanes) is 23. The zero-order chi connectivity index (χ0) is 47.3. The number of ether oxygens (including phenoxy) is 4. The van der Waals surface area contributed by atoms with Crippen molar-refractivity contribution in [3.8, 4) is 0 Å². The van der Waals surface area contributed by atoms with Crippen LogP contribution in [0.5, 0.6) is 0 Å². The molecule has 10 nitrogen and oxygen atoms in total. The molecule has 1 heterocycles. The Morgan fingerprint density at radius 3 is 1.35 bits per heavy atom. The summed E-state index contributed by atoms with van der Waals surface area (Å²) in [6.45, 7) is 3.38. The molecular weight excluding hydrogens is 821 g/mol. The van der Waals surface area contributed by atoms with E-state index in [4.69, 9.17) is 18.9 Å². The first-order valence-corrected chi connectivity index (χ1v) is 26.4. The molecule has 65 heavy (non-hydrogen) atoms. The molecule has 376 valence electrons. The fourth-order valence-corrected chi connectivity index (χ4v) is 7.71. The molecule has 0 spiro atoms.